The first-order valence-electron chi connectivity index (χ1n) is 4.74. The molecule has 0 saturated heterocycles. The average Bonchev–Trinajstić information content (AvgIpc) is 2.35. The lowest BCUT2D eigenvalue weighted by molar-refractivity contribution is -0.144. The van der Waals surface area contributed by atoms with Crippen LogP contribution in [-0.4, -0.2) is 42.8 Å². The van der Waals surface area contributed by atoms with Gasteiger partial charge in [-0.2, -0.15) is 0 Å². The third-order valence-electron chi connectivity index (χ3n) is 1.97. The third kappa shape index (κ3) is 3.89. The number of methoxy groups -OCH3 is 1. The molecule has 0 saturated carbocycles. The standard InChI is InChI=1S/C10H11BO6/c1-16-9(12)6-17-10(13)7-3-2-4-8(5-7)11(14)15/h2-5,14-15H,6H2,1H3. The van der Waals surface area contributed by atoms with Gasteiger partial charge in [-0.25, -0.2) is 9.59 Å². The van der Waals surface area contributed by atoms with Gasteiger partial charge < -0.3 is 19.5 Å². The van der Waals surface area contributed by atoms with E-state index in [0.29, 0.717) is 0 Å². The summed E-state index contributed by atoms with van der Waals surface area (Å²) in [6, 6.07) is 5.63. The minimum Gasteiger partial charge on any atom is -0.466 e. The normalized spacial score (nSPS) is 9.59. The van der Waals surface area contributed by atoms with Crippen LogP contribution in [0.15, 0.2) is 24.3 Å². The van der Waals surface area contributed by atoms with Crippen LogP contribution < -0.4 is 5.46 Å². The molecule has 0 spiro atoms. The molecule has 1 aromatic carbocycles. The predicted molar refractivity (Wildman–Crippen MR) is 58.6 cm³/mol. The highest BCUT2D eigenvalue weighted by molar-refractivity contribution is 6.58. The minimum absolute atomic E-state index is 0.125. The van der Waals surface area contributed by atoms with Crippen LogP contribution in [0.5, 0.6) is 0 Å². The van der Waals surface area contributed by atoms with E-state index in [4.69, 9.17) is 10.0 Å². The van der Waals surface area contributed by atoms with Gasteiger partial charge in [0.25, 0.3) is 0 Å². The summed E-state index contributed by atoms with van der Waals surface area (Å²) in [5.41, 5.74) is 0.289. The summed E-state index contributed by atoms with van der Waals surface area (Å²) >= 11 is 0. The first-order valence-corrected chi connectivity index (χ1v) is 4.74. The molecule has 0 amide bonds. The van der Waals surface area contributed by atoms with Crippen LogP contribution in [0.25, 0.3) is 0 Å². The number of hydrogen-bond acceptors (Lipinski definition) is 6. The summed E-state index contributed by atoms with van der Waals surface area (Å²) in [5, 5.41) is 17.8. The molecule has 0 heterocycles. The molecule has 0 aliphatic carbocycles. The molecule has 1 aromatic rings. The Morgan fingerprint density at radius 1 is 1.35 bits per heavy atom. The summed E-state index contributed by atoms with van der Waals surface area (Å²) in [6.07, 6.45) is 0. The maximum Gasteiger partial charge on any atom is 0.488 e. The van der Waals surface area contributed by atoms with Crippen LogP contribution in [0.4, 0.5) is 0 Å². The van der Waals surface area contributed by atoms with Gasteiger partial charge in [0.15, 0.2) is 6.61 Å². The molecular weight excluding hydrogens is 227 g/mol. The number of esters is 2. The van der Waals surface area contributed by atoms with Crippen molar-refractivity contribution in [1.29, 1.82) is 0 Å². The maximum atomic E-state index is 11.4. The zero-order valence-corrected chi connectivity index (χ0v) is 9.12. The Morgan fingerprint density at radius 2 is 2.06 bits per heavy atom. The summed E-state index contributed by atoms with van der Waals surface area (Å²) < 4.78 is 8.94. The van der Waals surface area contributed by atoms with Crippen molar-refractivity contribution in [2.45, 2.75) is 0 Å². The second kappa shape index (κ2) is 6.02. The molecule has 0 unspecified atom stereocenters. The van der Waals surface area contributed by atoms with Crippen molar-refractivity contribution in [3.63, 3.8) is 0 Å². The van der Waals surface area contributed by atoms with Crippen LogP contribution in [0, 0.1) is 0 Å². The van der Waals surface area contributed by atoms with Crippen molar-refractivity contribution < 1.29 is 29.1 Å². The van der Waals surface area contributed by atoms with E-state index in [0.717, 1.165) is 0 Å². The molecule has 0 aliphatic heterocycles. The molecule has 0 aliphatic rings. The monoisotopic (exact) mass is 238 g/mol. The fourth-order valence-corrected chi connectivity index (χ4v) is 1.09. The number of rotatable bonds is 4. The van der Waals surface area contributed by atoms with Crippen molar-refractivity contribution in [2.75, 3.05) is 13.7 Å². The van der Waals surface area contributed by atoms with Crippen molar-refractivity contribution >= 4 is 24.5 Å². The van der Waals surface area contributed by atoms with E-state index in [2.05, 4.69) is 9.47 Å². The highest BCUT2D eigenvalue weighted by Gasteiger charge is 2.15. The zero-order valence-electron chi connectivity index (χ0n) is 9.12. The molecule has 0 bridgehead atoms. The first-order chi connectivity index (χ1) is 8.04. The van der Waals surface area contributed by atoms with E-state index < -0.39 is 25.7 Å². The van der Waals surface area contributed by atoms with E-state index in [9.17, 15) is 9.59 Å². The quantitative estimate of drug-likeness (QED) is 0.500. The summed E-state index contributed by atoms with van der Waals surface area (Å²) in [6.45, 7) is -0.485. The van der Waals surface area contributed by atoms with Gasteiger partial charge in [-0.15, -0.1) is 0 Å². The molecule has 0 atom stereocenters. The molecule has 2 N–H and O–H groups in total. The lowest BCUT2D eigenvalue weighted by Crippen LogP contribution is -2.30. The fourth-order valence-electron chi connectivity index (χ4n) is 1.09. The van der Waals surface area contributed by atoms with E-state index >= 15 is 0 Å². The summed E-state index contributed by atoms with van der Waals surface area (Å²) in [7, 11) is -0.484. The molecule has 0 radical (unpaired) electrons. The van der Waals surface area contributed by atoms with Crippen molar-refractivity contribution in [3.05, 3.63) is 29.8 Å². The number of hydrogen-bond donors (Lipinski definition) is 2. The van der Waals surface area contributed by atoms with Gasteiger partial charge in [0.05, 0.1) is 12.7 Å². The van der Waals surface area contributed by atoms with Gasteiger partial charge in [-0.1, -0.05) is 12.1 Å². The Labute approximate surface area is 97.9 Å². The Kier molecular flexibility index (Phi) is 4.68. The average molecular weight is 238 g/mol. The van der Waals surface area contributed by atoms with Gasteiger partial charge in [-0.3, -0.25) is 0 Å². The third-order valence-corrected chi connectivity index (χ3v) is 1.97. The smallest absolute Gasteiger partial charge is 0.466 e. The van der Waals surface area contributed by atoms with Gasteiger partial charge in [0.1, 0.15) is 0 Å². The lowest BCUT2D eigenvalue weighted by atomic mass is 9.80. The van der Waals surface area contributed by atoms with E-state index in [1.165, 1.54) is 31.4 Å². The van der Waals surface area contributed by atoms with Gasteiger partial charge >= 0.3 is 19.1 Å². The number of carbonyl (C=O) groups is 2. The Bertz CT molecular complexity index is 417. The number of ether oxygens (including phenoxy) is 2. The molecule has 6 nitrogen and oxygen atoms in total. The van der Waals surface area contributed by atoms with Crippen molar-refractivity contribution in [3.8, 4) is 0 Å². The highest BCUT2D eigenvalue weighted by Crippen LogP contribution is 2.00. The predicted octanol–water partition coefficient (Wildman–Crippen LogP) is -1.30. The zero-order chi connectivity index (χ0) is 12.8. The number of benzene rings is 1. The van der Waals surface area contributed by atoms with Crippen LogP contribution in [0.1, 0.15) is 10.4 Å². The van der Waals surface area contributed by atoms with Gasteiger partial charge in [0, 0.05) is 0 Å². The van der Waals surface area contributed by atoms with E-state index in [-0.39, 0.29) is 11.0 Å². The van der Waals surface area contributed by atoms with Crippen molar-refractivity contribution in [1.82, 2.24) is 0 Å². The van der Waals surface area contributed by atoms with Crippen LogP contribution >= 0.6 is 0 Å². The van der Waals surface area contributed by atoms with Crippen LogP contribution in [0.3, 0.4) is 0 Å². The second-order valence-electron chi connectivity index (χ2n) is 3.15. The molecule has 90 valence electrons. The molecule has 7 heteroatoms. The Hall–Kier alpha value is -1.86. The van der Waals surface area contributed by atoms with Gasteiger partial charge in [-0.05, 0) is 17.6 Å². The SMILES string of the molecule is COC(=O)COC(=O)c1cccc(B(O)O)c1. The van der Waals surface area contributed by atoms with Crippen LogP contribution in [0.2, 0.25) is 0 Å². The molecule has 0 fully saturated rings. The molecule has 1 rings (SSSR count). The van der Waals surface area contributed by atoms with Gasteiger partial charge in [0.2, 0.25) is 0 Å². The maximum absolute atomic E-state index is 11.4. The molecule has 17 heavy (non-hydrogen) atoms. The Balaban J connectivity index is 2.69. The van der Waals surface area contributed by atoms with E-state index in [1.54, 1.807) is 0 Å². The highest BCUT2D eigenvalue weighted by atomic mass is 16.6. The first kappa shape index (κ1) is 13.2. The molecular formula is C10H11BO6. The van der Waals surface area contributed by atoms with Crippen LogP contribution in [-0.2, 0) is 14.3 Å². The van der Waals surface area contributed by atoms with E-state index in [1.807, 2.05) is 0 Å². The fraction of sp³-hybridized carbons (Fsp3) is 0.200. The van der Waals surface area contributed by atoms with Crippen molar-refractivity contribution in [2.24, 2.45) is 0 Å². The Morgan fingerprint density at radius 3 is 2.65 bits per heavy atom. The molecule has 0 aromatic heterocycles. The topological polar surface area (TPSA) is 93.1 Å². The second-order valence-corrected chi connectivity index (χ2v) is 3.15. The summed E-state index contributed by atoms with van der Waals surface area (Å²) in [4.78, 5) is 22.2. The number of carbonyl (C=O) groups excluding carboxylic acids is 2. The minimum atomic E-state index is -1.66. The lowest BCUT2D eigenvalue weighted by Gasteiger charge is -2.05. The largest absolute Gasteiger partial charge is 0.488 e. The summed E-state index contributed by atoms with van der Waals surface area (Å²) in [5.74, 6) is -1.41.